The Labute approximate surface area is 108 Å². The van der Waals surface area contributed by atoms with Crippen LogP contribution < -0.4 is 5.32 Å². The zero-order valence-electron chi connectivity index (χ0n) is 10.9. The van der Waals surface area contributed by atoms with Crippen LogP contribution in [0, 0.1) is 6.92 Å². The van der Waals surface area contributed by atoms with Gasteiger partial charge in [-0.3, -0.25) is 0 Å². The summed E-state index contributed by atoms with van der Waals surface area (Å²) < 4.78 is 5.50. The molecule has 3 heterocycles. The fourth-order valence-corrected chi connectivity index (χ4v) is 2.74. The summed E-state index contributed by atoms with van der Waals surface area (Å²) in [5.74, 6) is 1.05. The predicted molar refractivity (Wildman–Crippen MR) is 70.7 cm³/mol. The fraction of sp³-hybridized carbons (Fsp3) is 0.571. The van der Waals surface area contributed by atoms with Crippen LogP contribution in [0.3, 0.4) is 0 Å². The van der Waals surface area contributed by atoms with Crippen molar-refractivity contribution in [1.29, 1.82) is 0 Å². The van der Waals surface area contributed by atoms with Gasteiger partial charge in [-0.25, -0.2) is 0 Å². The SMILES string of the molecule is Cc1coc(CN2C=CN(C3CCNCC3)C2)c1. The number of furan rings is 1. The van der Waals surface area contributed by atoms with Crippen LogP contribution in [0.4, 0.5) is 0 Å². The molecule has 18 heavy (non-hydrogen) atoms. The van der Waals surface area contributed by atoms with Gasteiger partial charge in [0, 0.05) is 18.4 Å². The molecule has 4 heteroatoms. The molecular weight excluding hydrogens is 226 g/mol. The third kappa shape index (κ3) is 2.53. The van der Waals surface area contributed by atoms with E-state index in [0.29, 0.717) is 6.04 Å². The Balaban J connectivity index is 1.54. The molecule has 2 aliphatic rings. The highest BCUT2D eigenvalue weighted by Crippen LogP contribution is 2.19. The number of rotatable bonds is 3. The second-order valence-corrected chi connectivity index (χ2v) is 5.27. The first-order valence-electron chi connectivity index (χ1n) is 6.74. The first kappa shape index (κ1) is 11.7. The minimum Gasteiger partial charge on any atom is -0.467 e. The maximum absolute atomic E-state index is 5.50. The van der Waals surface area contributed by atoms with Crippen LogP contribution in [0.1, 0.15) is 24.2 Å². The first-order valence-corrected chi connectivity index (χ1v) is 6.74. The van der Waals surface area contributed by atoms with Gasteiger partial charge in [-0.1, -0.05) is 0 Å². The van der Waals surface area contributed by atoms with Gasteiger partial charge in [0.1, 0.15) is 5.76 Å². The molecule has 1 saturated heterocycles. The summed E-state index contributed by atoms with van der Waals surface area (Å²) >= 11 is 0. The van der Waals surface area contributed by atoms with Crippen molar-refractivity contribution in [3.8, 4) is 0 Å². The highest BCUT2D eigenvalue weighted by atomic mass is 16.3. The molecular formula is C14H21N3O. The standard InChI is InChI=1S/C14H21N3O/c1-12-8-14(18-10-12)9-16-6-7-17(11-16)13-2-4-15-5-3-13/h6-8,10,13,15H,2-5,9,11H2,1H3. The minimum atomic E-state index is 0.700. The van der Waals surface area contributed by atoms with E-state index in [0.717, 1.165) is 32.1 Å². The molecule has 0 atom stereocenters. The number of hydrogen-bond donors (Lipinski definition) is 1. The number of aryl methyl sites for hydroxylation is 1. The van der Waals surface area contributed by atoms with Crippen molar-refractivity contribution in [1.82, 2.24) is 15.1 Å². The second kappa shape index (κ2) is 5.06. The molecule has 3 rings (SSSR count). The van der Waals surface area contributed by atoms with E-state index in [2.05, 4.69) is 40.5 Å². The zero-order chi connectivity index (χ0) is 12.4. The van der Waals surface area contributed by atoms with E-state index >= 15 is 0 Å². The highest BCUT2D eigenvalue weighted by molar-refractivity contribution is 5.11. The summed E-state index contributed by atoms with van der Waals surface area (Å²) in [6.45, 7) is 6.21. The lowest BCUT2D eigenvalue weighted by Gasteiger charge is -2.32. The molecule has 1 fully saturated rings. The average molecular weight is 247 g/mol. The van der Waals surface area contributed by atoms with E-state index in [9.17, 15) is 0 Å². The maximum atomic E-state index is 5.50. The van der Waals surface area contributed by atoms with Gasteiger partial charge in [0.05, 0.1) is 19.5 Å². The average Bonchev–Trinajstić information content (AvgIpc) is 3.01. The molecule has 0 radical (unpaired) electrons. The number of nitrogens with zero attached hydrogens (tertiary/aromatic N) is 2. The van der Waals surface area contributed by atoms with Crippen LogP contribution in [0.5, 0.6) is 0 Å². The molecule has 0 unspecified atom stereocenters. The minimum absolute atomic E-state index is 0.700. The van der Waals surface area contributed by atoms with Crippen molar-refractivity contribution in [2.45, 2.75) is 32.4 Å². The molecule has 0 bridgehead atoms. The first-order chi connectivity index (χ1) is 8.81. The molecule has 0 spiro atoms. The lowest BCUT2D eigenvalue weighted by Crippen LogP contribution is -2.41. The van der Waals surface area contributed by atoms with E-state index < -0.39 is 0 Å². The molecule has 0 saturated carbocycles. The smallest absolute Gasteiger partial charge is 0.123 e. The van der Waals surface area contributed by atoms with Crippen LogP contribution >= 0.6 is 0 Å². The fourth-order valence-electron chi connectivity index (χ4n) is 2.74. The molecule has 98 valence electrons. The Bertz CT molecular complexity index is 420. The van der Waals surface area contributed by atoms with Crippen molar-refractivity contribution < 1.29 is 4.42 Å². The lowest BCUT2D eigenvalue weighted by atomic mass is 10.1. The monoisotopic (exact) mass is 247 g/mol. The molecule has 1 N–H and O–H groups in total. The van der Waals surface area contributed by atoms with Crippen molar-refractivity contribution in [3.05, 3.63) is 36.1 Å². The van der Waals surface area contributed by atoms with Gasteiger partial charge < -0.3 is 19.5 Å². The number of nitrogens with one attached hydrogen (secondary N) is 1. The molecule has 1 aromatic rings. The van der Waals surface area contributed by atoms with E-state index in [1.807, 2.05) is 6.26 Å². The van der Waals surface area contributed by atoms with Gasteiger partial charge in [-0.05, 0) is 44.5 Å². The predicted octanol–water partition coefficient (Wildman–Crippen LogP) is 1.89. The summed E-state index contributed by atoms with van der Waals surface area (Å²) in [6, 6.07) is 2.81. The zero-order valence-corrected chi connectivity index (χ0v) is 10.9. The van der Waals surface area contributed by atoms with Gasteiger partial charge in [0.2, 0.25) is 0 Å². The lowest BCUT2D eigenvalue weighted by molar-refractivity contribution is 0.173. The highest BCUT2D eigenvalue weighted by Gasteiger charge is 2.23. The van der Waals surface area contributed by atoms with Crippen molar-refractivity contribution in [2.75, 3.05) is 19.8 Å². The van der Waals surface area contributed by atoms with Gasteiger partial charge >= 0.3 is 0 Å². The van der Waals surface area contributed by atoms with E-state index in [4.69, 9.17) is 4.42 Å². The van der Waals surface area contributed by atoms with Gasteiger partial charge in [0.15, 0.2) is 0 Å². The molecule has 2 aliphatic heterocycles. The second-order valence-electron chi connectivity index (χ2n) is 5.27. The van der Waals surface area contributed by atoms with Crippen LogP contribution in [0.2, 0.25) is 0 Å². The number of piperidine rings is 1. The summed E-state index contributed by atoms with van der Waals surface area (Å²) in [7, 11) is 0. The quantitative estimate of drug-likeness (QED) is 0.884. The van der Waals surface area contributed by atoms with Crippen LogP contribution in [-0.4, -0.2) is 35.6 Å². The maximum Gasteiger partial charge on any atom is 0.123 e. The van der Waals surface area contributed by atoms with Crippen LogP contribution in [0.15, 0.2) is 29.1 Å². The van der Waals surface area contributed by atoms with Crippen LogP contribution in [-0.2, 0) is 6.54 Å². The van der Waals surface area contributed by atoms with Gasteiger partial charge in [-0.2, -0.15) is 0 Å². The summed E-state index contributed by atoms with van der Waals surface area (Å²) in [4.78, 5) is 4.76. The van der Waals surface area contributed by atoms with E-state index in [1.54, 1.807) is 0 Å². The van der Waals surface area contributed by atoms with Crippen molar-refractivity contribution in [3.63, 3.8) is 0 Å². The Morgan fingerprint density at radius 1 is 1.33 bits per heavy atom. The van der Waals surface area contributed by atoms with Crippen LogP contribution in [0.25, 0.3) is 0 Å². The van der Waals surface area contributed by atoms with Gasteiger partial charge in [0.25, 0.3) is 0 Å². The Hall–Kier alpha value is -1.42. The molecule has 1 aromatic heterocycles. The normalized spacial score (nSPS) is 20.9. The van der Waals surface area contributed by atoms with E-state index in [1.165, 1.54) is 18.4 Å². The van der Waals surface area contributed by atoms with Crippen molar-refractivity contribution in [2.24, 2.45) is 0 Å². The topological polar surface area (TPSA) is 31.7 Å². The molecule has 0 aromatic carbocycles. The third-order valence-electron chi connectivity index (χ3n) is 3.74. The van der Waals surface area contributed by atoms with Gasteiger partial charge in [-0.15, -0.1) is 0 Å². The molecule has 0 aliphatic carbocycles. The number of hydrogen-bond acceptors (Lipinski definition) is 4. The largest absolute Gasteiger partial charge is 0.467 e. The van der Waals surface area contributed by atoms with E-state index in [-0.39, 0.29) is 0 Å². The summed E-state index contributed by atoms with van der Waals surface area (Å²) in [5.41, 5.74) is 1.20. The Morgan fingerprint density at radius 3 is 2.89 bits per heavy atom. The Kier molecular flexibility index (Phi) is 3.28. The molecule has 0 amide bonds. The summed E-state index contributed by atoms with van der Waals surface area (Å²) in [6.07, 6.45) is 8.72. The summed E-state index contributed by atoms with van der Waals surface area (Å²) in [5, 5.41) is 3.41. The molecule has 4 nitrogen and oxygen atoms in total. The van der Waals surface area contributed by atoms with Crippen molar-refractivity contribution >= 4 is 0 Å². The third-order valence-corrected chi connectivity index (χ3v) is 3.74. The Morgan fingerprint density at radius 2 is 2.17 bits per heavy atom.